The number of para-hydroxylation sites is 1. The first kappa shape index (κ1) is 29.6. The fourth-order valence-electron chi connectivity index (χ4n) is 7.57. The van der Waals surface area contributed by atoms with Crippen molar-refractivity contribution >= 4 is 39.3 Å². The summed E-state index contributed by atoms with van der Waals surface area (Å²) in [5, 5.41) is 2.17. The highest BCUT2D eigenvalue weighted by Crippen LogP contribution is 2.41. The van der Waals surface area contributed by atoms with Gasteiger partial charge in [-0.1, -0.05) is 126 Å². The molecule has 7 aromatic carbocycles. The van der Waals surface area contributed by atoms with E-state index in [-0.39, 0.29) is 11.8 Å². The molecular formula is C46H32N2O2. The Balaban J connectivity index is 1.24. The summed E-state index contributed by atoms with van der Waals surface area (Å²) in [6.45, 7) is 4.23. The van der Waals surface area contributed by atoms with Crippen LogP contribution in [0.25, 0.3) is 60.9 Å². The van der Waals surface area contributed by atoms with Crippen LogP contribution in [-0.2, 0) is 0 Å². The lowest BCUT2D eigenvalue weighted by Gasteiger charge is -2.18. The minimum Gasteiger partial charge on any atom is -0.308 e. The molecule has 1 aliphatic rings. The third-order valence-corrected chi connectivity index (χ3v) is 9.75. The van der Waals surface area contributed by atoms with Gasteiger partial charge in [0.1, 0.15) is 0 Å². The molecule has 0 radical (unpaired) electrons. The minimum absolute atomic E-state index is 0.326. The average molecular weight is 645 g/mol. The number of rotatable bonds is 5. The van der Waals surface area contributed by atoms with E-state index in [4.69, 9.17) is 0 Å². The number of benzene rings is 7. The van der Waals surface area contributed by atoms with E-state index in [9.17, 15) is 9.59 Å². The van der Waals surface area contributed by atoms with E-state index in [1.54, 1.807) is 6.07 Å². The maximum Gasteiger partial charge on any atom is 0.268 e. The highest BCUT2D eigenvalue weighted by atomic mass is 16.2. The molecule has 2 amide bonds. The second kappa shape index (κ2) is 11.6. The SMILES string of the molecule is Cc1cc(C)cc(-c2ccc3c4ccccc4n(-c4cccc5c4C(=O)N(c4cc(-c6ccccc6)cc(-c6ccccc6)c4)C5=O)c3c2)c1. The summed E-state index contributed by atoms with van der Waals surface area (Å²) < 4.78 is 2.15. The number of amides is 2. The number of fused-ring (bicyclic) bond motifs is 4. The molecule has 0 saturated heterocycles. The maximum atomic E-state index is 14.7. The van der Waals surface area contributed by atoms with E-state index in [1.165, 1.54) is 16.0 Å². The first-order valence-corrected chi connectivity index (χ1v) is 16.8. The lowest BCUT2D eigenvalue weighted by molar-refractivity contribution is 0.0926. The van der Waals surface area contributed by atoms with Crippen LogP contribution in [0.15, 0.2) is 158 Å². The van der Waals surface area contributed by atoms with Gasteiger partial charge in [-0.2, -0.15) is 0 Å². The minimum atomic E-state index is -0.332. The molecule has 0 aliphatic carbocycles. The van der Waals surface area contributed by atoms with Gasteiger partial charge in [0, 0.05) is 10.8 Å². The van der Waals surface area contributed by atoms with Crippen LogP contribution in [0.2, 0.25) is 0 Å². The van der Waals surface area contributed by atoms with Gasteiger partial charge in [-0.05, 0) is 89.7 Å². The molecule has 9 rings (SSSR count). The Hall–Kier alpha value is -6.52. The molecule has 0 bridgehead atoms. The van der Waals surface area contributed by atoms with Crippen molar-refractivity contribution in [3.8, 4) is 39.1 Å². The molecule has 50 heavy (non-hydrogen) atoms. The molecule has 4 heteroatoms. The second-order valence-corrected chi connectivity index (χ2v) is 13.1. The molecule has 1 aromatic heterocycles. The zero-order valence-electron chi connectivity index (χ0n) is 27.7. The van der Waals surface area contributed by atoms with E-state index in [1.807, 2.05) is 97.1 Å². The fourth-order valence-corrected chi connectivity index (χ4v) is 7.57. The number of hydrogen-bond donors (Lipinski definition) is 0. The monoisotopic (exact) mass is 644 g/mol. The smallest absolute Gasteiger partial charge is 0.268 e. The Labute approximate surface area is 290 Å². The van der Waals surface area contributed by atoms with E-state index in [0.717, 1.165) is 55.2 Å². The van der Waals surface area contributed by atoms with Gasteiger partial charge in [0.25, 0.3) is 11.8 Å². The third kappa shape index (κ3) is 4.76. The van der Waals surface area contributed by atoms with Crippen LogP contribution < -0.4 is 4.90 Å². The van der Waals surface area contributed by atoms with Crippen LogP contribution in [0.5, 0.6) is 0 Å². The topological polar surface area (TPSA) is 42.3 Å². The Kier molecular flexibility index (Phi) is 6.85. The molecule has 0 fully saturated rings. The zero-order valence-corrected chi connectivity index (χ0v) is 27.7. The van der Waals surface area contributed by atoms with Gasteiger partial charge >= 0.3 is 0 Å². The largest absolute Gasteiger partial charge is 0.308 e. The quantitative estimate of drug-likeness (QED) is 0.175. The van der Waals surface area contributed by atoms with Gasteiger partial charge in [-0.15, -0.1) is 0 Å². The lowest BCUT2D eigenvalue weighted by Crippen LogP contribution is -2.29. The number of anilines is 1. The molecule has 0 N–H and O–H groups in total. The number of aromatic nitrogens is 1. The van der Waals surface area contributed by atoms with Crippen LogP contribution >= 0.6 is 0 Å². The Morgan fingerprint density at radius 1 is 0.420 bits per heavy atom. The summed E-state index contributed by atoms with van der Waals surface area (Å²) >= 11 is 0. The standard InChI is InChI=1S/C46H32N2O2/c1-29-22-30(2)24-34(23-29)33-20-21-39-38-16-9-10-18-41(38)48(43(39)28-33)42-19-11-17-40-44(42)46(50)47(45(40)49)37-26-35(31-12-5-3-6-13-31)25-36(27-37)32-14-7-4-8-15-32/h3-28H,1-2H3. The van der Waals surface area contributed by atoms with Crippen molar-refractivity contribution in [1.29, 1.82) is 0 Å². The predicted octanol–water partition coefficient (Wildman–Crippen LogP) is 11.2. The number of hydrogen-bond acceptors (Lipinski definition) is 2. The van der Waals surface area contributed by atoms with Gasteiger partial charge in [0.15, 0.2) is 0 Å². The van der Waals surface area contributed by atoms with Crippen LogP contribution in [0, 0.1) is 13.8 Å². The predicted molar refractivity (Wildman–Crippen MR) is 204 cm³/mol. The van der Waals surface area contributed by atoms with E-state index in [2.05, 4.69) is 73.0 Å². The highest BCUT2D eigenvalue weighted by Gasteiger charge is 2.39. The fraction of sp³-hybridized carbons (Fsp3) is 0.0435. The number of imide groups is 1. The summed E-state index contributed by atoms with van der Waals surface area (Å²) in [4.78, 5) is 30.4. The Bertz CT molecular complexity index is 2570. The normalized spacial score (nSPS) is 12.6. The van der Waals surface area contributed by atoms with E-state index < -0.39 is 0 Å². The first-order valence-electron chi connectivity index (χ1n) is 16.8. The Morgan fingerprint density at radius 2 is 1.02 bits per heavy atom. The second-order valence-electron chi connectivity index (χ2n) is 13.1. The lowest BCUT2D eigenvalue weighted by atomic mass is 9.97. The van der Waals surface area contributed by atoms with Gasteiger partial charge in [0.2, 0.25) is 0 Å². The van der Waals surface area contributed by atoms with Crippen molar-refractivity contribution in [2.75, 3.05) is 4.90 Å². The van der Waals surface area contributed by atoms with Crippen molar-refractivity contribution in [1.82, 2.24) is 4.57 Å². The first-order chi connectivity index (χ1) is 24.4. The van der Waals surface area contributed by atoms with Crippen molar-refractivity contribution in [3.05, 3.63) is 180 Å². The highest BCUT2D eigenvalue weighted by molar-refractivity contribution is 6.36. The van der Waals surface area contributed by atoms with Crippen LogP contribution in [0.1, 0.15) is 31.8 Å². The van der Waals surface area contributed by atoms with Gasteiger partial charge in [0.05, 0.1) is 33.5 Å². The van der Waals surface area contributed by atoms with E-state index >= 15 is 0 Å². The van der Waals surface area contributed by atoms with Gasteiger partial charge < -0.3 is 4.57 Å². The number of carbonyl (C=O) groups excluding carboxylic acids is 2. The summed E-state index contributed by atoms with van der Waals surface area (Å²) in [5.41, 5.74) is 12.5. The van der Waals surface area contributed by atoms with Crippen molar-refractivity contribution < 1.29 is 9.59 Å². The van der Waals surface area contributed by atoms with Crippen molar-refractivity contribution in [2.45, 2.75) is 13.8 Å². The summed E-state index contributed by atoms with van der Waals surface area (Å²) in [6, 6.07) is 53.1. The molecule has 1 aliphatic heterocycles. The molecule has 2 heterocycles. The maximum absolute atomic E-state index is 14.7. The molecule has 4 nitrogen and oxygen atoms in total. The van der Waals surface area contributed by atoms with Gasteiger partial charge in [-0.25, -0.2) is 4.90 Å². The molecule has 8 aromatic rings. The summed E-state index contributed by atoms with van der Waals surface area (Å²) in [5.74, 6) is -0.658. The summed E-state index contributed by atoms with van der Waals surface area (Å²) in [7, 11) is 0. The van der Waals surface area contributed by atoms with Crippen molar-refractivity contribution in [3.63, 3.8) is 0 Å². The van der Waals surface area contributed by atoms with E-state index in [0.29, 0.717) is 22.5 Å². The number of nitrogens with zero attached hydrogens (tertiary/aromatic N) is 2. The van der Waals surface area contributed by atoms with Crippen LogP contribution in [0.3, 0.4) is 0 Å². The van der Waals surface area contributed by atoms with Crippen LogP contribution in [0.4, 0.5) is 5.69 Å². The Morgan fingerprint density at radius 3 is 1.70 bits per heavy atom. The molecule has 0 unspecified atom stereocenters. The number of carbonyl (C=O) groups is 2. The molecule has 238 valence electrons. The third-order valence-electron chi connectivity index (χ3n) is 9.75. The van der Waals surface area contributed by atoms with Crippen LogP contribution in [-0.4, -0.2) is 16.4 Å². The zero-order chi connectivity index (χ0) is 33.9. The molecule has 0 saturated carbocycles. The average Bonchev–Trinajstić information content (AvgIpc) is 3.61. The summed E-state index contributed by atoms with van der Waals surface area (Å²) in [6.07, 6.45) is 0. The molecular weight excluding hydrogens is 613 g/mol. The number of aryl methyl sites for hydroxylation is 2. The van der Waals surface area contributed by atoms with Crippen molar-refractivity contribution in [2.24, 2.45) is 0 Å². The molecule has 0 atom stereocenters. The van der Waals surface area contributed by atoms with Gasteiger partial charge in [-0.3, -0.25) is 9.59 Å². The molecule has 0 spiro atoms.